The second-order valence-corrected chi connectivity index (χ2v) is 8.03. The minimum Gasteiger partial charge on any atom is -0.207 e. The number of unbranched alkanes of at least 4 members (excludes halogenated alkanes) is 2. The lowest BCUT2D eigenvalue weighted by atomic mass is 9.98. The van der Waals surface area contributed by atoms with E-state index >= 15 is 0 Å². The molecule has 0 saturated carbocycles. The van der Waals surface area contributed by atoms with E-state index in [1.807, 2.05) is 6.07 Å². The summed E-state index contributed by atoms with van der Waals surface area (Å²) >= 11 is 0. The van der Waals surface area contributed by atoms with Crippen LogP contribution < -0.4 is 0 Å². The first-order valence-corrected chi connectivity index (χ1v) is 11.1. The maximum Gasteiger partial charge on any atom is 0.127 e. The average Bonchev–Trinajstić information content (AvgIpc) is 2.75. The highest BCUT2D eigenvalue weighted by atomic mass is 19.1. The van der Waals surface area contributed by atoms with Crippen LogP contribution in [0.1, 0.15) is 61.8 Å². The number of rotatable bonds is 10. The van der Waals surface area contributed by atoms with Crippen molar-refractivity contribution in [3.8, 4) is 11.1 Å². The number of aryl methyl sites for hydroxylation is 4. The summed E-state index contributed by atoms with van der Waals surface area (Å²) in [6.45, 7) is 4.42. The van der Waals surface area contributed by atoms with Crippen molar-refractivity contribution in [1.82, 2.24) is 0 Å². The molecule has 3 aromatic rings. The fourth-order valence-corrected chi connectivity index (χ4v) is 3.81. The van der Waals surface area contributed by atoms with Gasteiger partial charge in [-0.2, -0.15) is 0 Å². The second kappa shape index (κ2) is 11.0. The zero-order chi connectivity index (χ0) is 20.5. The second-order valence-electron chi connectivity index (χ2n) is 8.03. The first-order valence-electron chi connectivity index (χ1n) is 11.1. The molecule has 0 aromatic heterocycles. The van der Waals surface area contributed by atoms with E-state index in [0.29, 0.717) is 0 Å². The molecule has 152 valence electrons. The molecule has 0 unspecified atom stereocenters. The number of hydrogen-bond acceptors (Lipinski definition) is 0. The van der Waals surface area contributed by atoms with Crippen molar-refractivity contribution in [1.29, 1.82) is 0 Å². The average molecular weight is 389 g/mol. The molecule has 0 spiro atoms. The van der Waals surface area contributed by atoms with Crippen molar-refractivity contribution in [2.75, 3.05) is 0 Å². The van der Waals surface area contributed by atoms with Crippen molar-refractivity contribution >= 4 is 0 Å². The Hall–Kier alpha value is -2.41. The molecule has 0 bridgehead atoms. The van der Waals surface area contributed by atoms with Gasteiger partial charge in [0.25, 0.3) is 0 Å². The third kappa shape index (κ3) is 6.29. The van der Waals surface area contributed by atoms with Gasteiger partial charge in [0, 0.05) is 0 Å². The molecule has 0 aliphatic carbocycles. The van der Waals surface area contributed by atoms with Gasteiger partial charge >= 0.3 is 0 Å². The van der Waals surface area contributed by atoms with E-state index in [2.05, 4.69) is 68.4 Å². The highest BCUT2D eigenvalue weighted by Crippen LogP contribution is 2.24. The normalized spacial score (nSPS) is 11.0. The Morgan fingerprint density at radius 2 is 1.14 bits per heavy atom. The third-order valence-electron chi connectivity index (χ3n) is 5.65. The summed E-state index contributed by atoms with van der Waals surface area (Å²) < 4.78 is 14.7. The predicted octanol–water partition coefficient (Wildman–Crippen LogP) is 7.96. The van der Waals surface area contributed by atoms with Crippen LogP contribution in [0.4, 0.5) is 4.39 Å². The zero-order valence-electron chi connectivity index (χ0n) is 17.9. The molecule has 0 heterocycles. The summed E-state index contributed by atoms with van der Waals surface area (Å²) in [5.41, 5.74) is 6.85. The van der Waals surface area contributed by atoms with Gasteiger partial charge in [0.1, 0.15) is 5.82 Å². The van der Waals surface area contributed by atoms with Crippen LogP contribution in [0.2, 0.25) is 0 Å². The Balaban J connectivity index is 1.60. The number of benzene rings is 3. The standard InChI is InChI=1S/C28H33F/c1-3-5-6-8-23-13-16-25(17-14-23)27-20-19-26(28(29)21-27)18-15-24-11-9-22(7-4-2)10-12-24/h9-14,16-17,19-21H,3-8,15,18H2,1-2H3. The lowest BCUT2D eigenvalue weighted by Crippen LogP contribution is -1.96. The molecule has 0 nitrogen and oxygen atoms in total. The van der Waals surface area contributed by atoms with Gasteiger partial charge in [0.2, 0.25) is 0 Å². The molecule has 0 aliphatic rings. The maximum atomic E-state index is 14.7. The van der Waals surface area contributed by atoms with Gasteiger partial charge in [-0.05, 0) is 71.6 Å². The van der Waals surface area contributed by atoms with E-state index in [1.165, 1.54) is 42.4 Å². The Labute approximate surface area is 175 Å². The molecule has 0 atom stereocenters. The SMILES string of the molecule is CCCCCc1ccc(-c2ccc(CCc3ccc(CCC)cc3)c(F)c2)cc1. The molecular formula is C28H33F. The van der Waals surface area contributed by atoms with Crippen LogP contribution in [-0.2, 0) is 25.7 Å². The van der Waals surface area contributed by atoms with Crippen LogP contribution in [-0.4, -0.2) is 0 Å². The van der Waals surface area contributed by atoms with Gasteiger partial charge in [-0.3, -0.25) is 0 Å². The number of halogens is 1. The summed E-state index contributed by atoms with van der Waals surface area (Å²) in [5, 5.41) is 0. The molecule has 0 radical (unpaired) electrons. The van der Waals surface area contributed by atoms with Crippen molar-refractivity contribution in [2.24, 2.45) is 0 Å². The van der Waals surface area contributed by atoms with E-state index in [1.54, 1.807) is 6.07 Å². The topological polar surface area (TPSA) is 0 Å². The van der Waals surface area contributed by atoms with Crippen LogP contribution in [0.25, 0.3) is 11.1 Å². The Bertz CT molecular complexity index is 875. The Kier molecular flexibility index (Phi) is 8.04. The predicted molar refractivity (Wildman–Crippen MR) is 123 cm³/mol. The first kappa shape index (κ1) is 21.3. The largest absolute Gasteiger partial charge is 0.207 e. The Morgan fingerprint density at radius 1 is 0.552 bits per heavy atom. The van der Waals surface area contributed by atoms with Gasteiger partial charge in [-0.1, -0.05) is 93.8 Å². The highest BCUT2D eigenvalue weighted by Gasteiger charge is 2.06. The minimum absolute atomic E-state index is 0.0999. The molecule has 0 aliphatic heterocycles. The molecule has 3 rings (SSSR count). The fraction of sp³-hybridized carbons (Fsp3) is 0.357. The number of hydrogen-bond donors (Lipinski definition) is 0. The van der Waals surface area contributed by atoms with E-state index < -0.39 is 0 Å². The van der Waals surface area contributed by atoms with Crippen molar-refractivity contribution in [2.45, 2.75) is 65.2 Å². The lowest BCUT2D eigenvalue weighted by Gasteiger charge is -2.09. The highest BCUT2D eigenvalue weighted by molar-refractivity contribution is 5.64. The van der Waals surface area contributed by atoms with Crippen LogP contribution >= 0.6 is 0 Å². The molecule has 1 heteroatoms. The molecular weight excluding hydrogens is 355 g/mol. The summed E-state index contributed by atoms with van der Waals surface area (Å²) in [4.78, 5) is 0. The third-order valence-corrected chi connectivity index (χ3v) is 5.65. The van der Waals surface area contributed by atoms with Crippen molar-refractivity contribution < 1.29 is 4.39 Å². The lowest BCUT2D eigenvalue weighted by molar-refractivity contribution is 0.609. The van der Waals surface area contributed by atoms with Gasteiger partial charge in [0.05, 0.1) is 0 Å². The quantitative estimate of drug-likeness (QED) is 0.309. The van der Waals surface area contributed by atoms with Gasteiger partial charge < -0.3 is 0 Å². The fourth-order valence-electron chi connectivity index (χ4n) is 3.81. The van der Waals surface area contributed by atoms with E-state index in [0.717, 1.165) is 42.4 Å². The monoisotopic (exact) mass is 388 g/mol. The summed E-state index contributed by atoms with van der Waals surface area (Å²) in [5.74, 6) is -0.0999. The van der Waals surface area contributed by atoms with Crippen LogP contribution in [0, 0.1) is 5.82 Å². The van der Waals surface area contributed by atoms with E-state index in [-0.39, 0.29) is 5.82 Å². The minimum atomic E-state index is -0.0999. The van der Waals surface area contributed by atoms with E-state index in [4.69, 9.17) is 0 Å². The van der Waals surface area contributed by atoms with Crippen molar-refractivity contribution in [3.05, 3.63) is 94.8 Å². The molecule has 0 N–H and O–H groups in total. The molecule has 0 amide bonds. The molecule has 0 fully saturated rings. The Morgan fingerprint density at radius 3 is 1.76 bits per heavy atom. The molecule has 0 saturated heterocycles. The summed E-state index contributed by atoms with van der Waals surface area (Å²) in [6, 6.07) is 23.0. The van der Waals surface area contributed by atoms with Crippen LogP contribution in [0.5, 0.6) is 0 Å². The summed E-state index contributed by atoms with van der Waals surface area (Å²) in [7, 11) is 0. The molecule has 3 aromatic carbocycles. The van der Waals surface area contributed by atoms with E-state index in [9.17, 15) is 4.39 Å². The smallest absolute Gasteiger partial charge is 0.127 e. The van der Waals surface area contributed by atoms with Crippen LogP contribution in [0.15, 0.2) is 66.7 Å². The van der Waals surface area contributed by atoms with Gasteiger partial charge in [-0.25, -0.2) is 4.39 Å². The summed E-state index contributed by atoms with van der Waals surface area (Å²) in [6.07, 6.45) is 8.77. The van der Waals surface area contributed by atoms with Gasteiger partial charge in [0.15, 0.2) is 0 Å². The maximum absolute atomic E-state index is 14.7. The first-order chi connectivity index (χ1) is 14.2. The van der Waals surface area contributed by atoms with Crippen LogP contribution in [0.3, 0.4) is 0 Å². The van der Waals surface area contributed by atoms with Crippen molar-refractivity contribution in [3.63, 3.8) is 0 Å². The molecule has 29 heavy (non-hydrogen) atoms. The zero-order valence-corrected chi connectivity index (χ0v) is 17.9. The van der Waals surface area contributed by atoms with Gasteiger partial charge in [-0.15, -0.1) is 0 Å².